The summed E-state index contributed by atoms with van der Waals surface area (Å²) in [6, 6.07) is 13.7. The molecule has 1 aromatic heterocycles. The van der Waals surface area contributed by atoms with Gasteiger partial charge in [0.05, 0.1) is 43.0 Å². The first-order chi connectivity index (χ1) is 23.9. The summed E-state index contributed by atoms with van der Waals surface area (Å²) in [5.74, 6) is -0.0835. The largest absolute Gasteiger partial charge is 0.497 e. The Labute approximate surface area is 300 Å². The predicted molar refractivity (Wildman–Crippen MR) is 193 cm³/mol. The van der Waals surface area contributed by atoms with E-state index in [1.54, 1.807) is 29.0 Å². The monoisotopic (exact) mass is 729 g/mol. The molecule has 0 radical (unpaired) electrons. The van der Waals surface area contributed by atoms with Crippen molar-refractivity contribution in [2.24, 2.45) is 11.8 Å². The molecule has 1 aliphatic rings. The zero-order valence-corrected chi connectivity index (χ0v) is 31.5. The second-order valence-corrected chi connectivity index (χ2v) is 16.0. The van der Waals surface area contributed by atoms with Gasteiger partial charge >= 0.3 is 6.03 Å². The van der Waals surface area contributed by atoms with Crippen LogP contribution in [0.15, 0.2) is 64.9 Å². The Morgan fingerprint density at radius 3 is 2.38 bits per heavy atom. The standard InChI is InChI=1S/C36H51N5O7S2/c1-7-26(4)34(41-18-17-39(36(41)44)21-28-24-49-33(37-28)23-47-5)35(43)38-31(19-27-11-9-8-10-12-27)32(42)22-40(20-25(2)3)50(45,46)30-15-13-29(48-6)14-16-30/h8-16,24-26,31-32,34,42H,7,17-23H2,1-6H3,(H,38,43)/t26-,31-,32-,34-/m0/s1. The molecule has 0 bridgehead atoms. The topological polar surface area (TPSA) is 142 Å². The number of carbonyl (C=O) groups excluding carboxylic acids is 2. The van der Waals surface area contributed by atoms with Crippen LogP contribution in [0.5, 0.6) is 5.75 Å². The Balaban J connectivity index is 1.57. The van der Waals surface area contributed by atoms with E-state index in [0.717, 1.165) is 16.3 Å². The fourth-order valence-corrected chi connectivity index (χ4v) is 8.45. The van der Waals surface area contributed by atoms with Gasteiger partial charge in [-0.05, 0) is 48.1 Å². The van der Waals surface area contributed by atoms with E-state index in [1.165, 1.54) is 34.9 Å². The van der Waals surface area contributed by atoms with Gasteiger partial charge in [0.25, 0.3) is 0 Å². The van der Waals surface area contributed by atoms with Crippen LogP contribution in [0.2, 0.25) is 0 Å². The molecule has 12 nitrogen and oxygen atoms in total. The Morgan fingerprint density at radius 1 is 1.06 bits per heavy atom. The van der Waals surface area contributed by atoms with Gasteiger partial charge in [-0.25, -0.2) is 18.2 Å². The van der Waals surface area contributed by atoms with Gasteiger partial charge in [0.2, 0.25) is 15.9 Å². The van der Waals surface area contributed by atoms with Crippen LogP contribution in [0, 0.1) is 11.8 Å². The zero-order valence-electron chi connectivity index (χ0n) is 29.8. The number of rotatable bonds is 19. The molecular weight excluding hydrogens is 679 g/mol. The van der Waals surface area contributed by atoms with Gasteiger partial charge in [0.1, 0.15) is 16.8 Å². The third-order valence-corrected chi connectivity index (χ3v) is 11.6. The number of aliphatic hydroxyl groups excluding tert-OH is 1. The lowest BCUT2D eigenvalue weighted by Gasteiger charge is -2.35. The van der Waals surface area contributed by atoms with Gasteiger partial charge in [0, 0.05) is 38.7 Å². The van der Waals surface area contributed by atoms with Crippen LogP contribution in [0.1, 0.15) is 50.4 Å². The molecule has 3 amide bonds. The third-order valence-electron chi connectivity index (χ3n) is 8.88. The highest BCUT2D eigenvalue weighted by Gasteiger charge is 2.41. The van der Waals surface area contributed by atoms with Crippen LogP contribution in [0.3, 0.4) is 0 Å². The molecule has 1 saturated heterocycles. The molecule has 0 saturated carbocycles. The second kappa shape index (κ2) is 18.1. The van der Waals surface area contributed by atoms with Crippen molar-refractivity contribution in [1.82, 2.24) is 24.4 Å². The highest BCUT2D eigenvalue weighted by atomic mass is 32.2. The van der Waals surface area contributed by atoms with Crippen molar-refractivity contribution < 1.29 is 32.6 Å². The lowest BCUT2D eigenvalue weighted by molar-refractivity contribution is -0.128. The summed E-state index contributed by atoms with van der Waals surface area (Å²) >= 11 is 1.48. The molecule has 1 aliphatic heterocycles. The molecule has 2 N–H and O–H groups in total. The lowest BCUT2D eigenvalue weighted by atomic mass is 9.95. The van der Waals surface area contributed by atoms with E-state index in [-0.39, 0.29) is 48.2 Å². The SMILES string of the molecule is CC[C@H](C)[C@@H](C(=O)N[C@@H](Cc1ccccc1)[C@@H](O)CN(CC(C)C)S(=O)(=O)c1ccc(OC)cc1)N1CCN(Cc2csc(COC)n2)C1=O. The van der Waals surface area contributed by atoms with Crippen molar-refractivity contribution in [2.75, 3.05) is 40.4 Å². The summed E-state index contributed by atoms with van der Waals surface area (Å²) in [6.07, 6.45) is -0.366. The number of nitrogens with zero attached hydrogens (tertiary/aromatic N) is 4. The van der Waals surface area contributed by atoms with Gasteiger partial charge in [-0.3, -0.25) is 4.79 Å². The highest BCUT2D eigenvalue weighted by Crippen LogP contribution is 2.25. The Morgan fingerprint density at radius 2 is 1.76 bits per heavy atom. The summed E-state index contributed by atoms with van der Waals surface area (Å²) < 4.78 is 39.4. The quantitative estimate of drug-likeness (QED) is 0.185. The molecule has 14 heteroatoms. The minimum atomic E-state index is -4.00. The van der Waals surface area contributed by atoms with Gasteiger partial charge < -0.3 is 29.7 Å². The van der Waals surface area contributed by atoms with E-state index < -0.39 is 28.2 Å². The van der Waals surface area contributed by atoms with Crippen LogP contribution >= 0.6 is 11.3 Å². The molecule has 3 aromatic rings. The van der Waals surface area contributed by atoms with Crippen molar-refractivity contribution in [3.8, 4) is 5.75 Å². The maximum absolute atomic E-state index is 14.3. The number of benzene rings is 2. The number of hydrogen-bond donors (Lipinski definition) is 2. The number of aliphatic hydroxyl groups is 1. The maximum atomic E-state index is 14.3. The number of hydrogen-bond acceptors (Lipinski definition) is 9. The normalized spacial score (nSPS) is 16.1. The van der Waals surface area contributed by atoms with Crippen molar-refractivity contribution in [3.05, 3.63) is 76.2 Å². The van der Waals surface area contributed by atoms with Crippen molar-refractivity contribution in [1.29, 1.82) is 0 Å². The number of nitrogens with one attached hydrogen (secondary N) is 1. The number of carbonyl (C=O) groups is 2. The predicted octanol–water partition coefficient (Wildman–Crippen LogP) is 4.39. The second-order valence-electron chi connectivity index (χ2n) is 13.2. The number of amides is 3. The molecule has 0 spiro atoms. The fraction of sp³-hybridized carbons (Fsp3) is 0.528. The Hall–Kier alpha value is -3.56. The summed E-state index contributed by atoms with van der Waals surface area (Å²) in [4.78, 5) is 35.9. The number of methoxy groups -OCH3 is 2. The smallest absolute Gasteiger partial charge is 0.321 e. The maximum Gasteiger partial charge on any atom is 0.321 e. The molecule has 4 rings (SSSR count). The van der Waals surface area contributed by atoms with E-state index in [2.05, 4.69) is 10.3 Å². The summed E-state index contributed by atoms with van der Waals surface area (Å²) in [5.41, 5.74) is 1.63. The molecule has 50 heavy (non-hydrogen) atoms. The molecule has 1 fully saturated rings. The van der Waals surface area contributed by atoms with Crippen LogP contribution < -0.4 is 10.1 Å². The van der Waals surface area contributed by atoms with E-state index in [0.29, 0.717) is 38.4 Å². The fourth-order valence-electron chi connectivity index (χ4n) is 6.07. The summed E-state index contributed by atoms with van der Waals surface area (Å²) in [5, 5.41) is 17.6. The van der Waals surface area contributed by atoms with Crippen LogP contribution in [-0.4, -0.2) is 103 Å². The van der Waals surface area contributed by atoms with Crippen LogP contribution in [0.25, 0.3) is 0 Å². The van der Waals surface area contributed by atoms with E-state index in [1.807, 2.05) is 63.4 Å². The van der Waals surface area contributed by atoms with Gasteiger partial charge in [0.15, 0.2) is 0 Å². The molecule has 2 heterocycles. The first-order valence-electron chi connectivity index (χ1n) is 17.0. The number of ether oxygens (including phenoxy) is 2. The number of aromatic nitrogens is 1. The lowest BCUT2D eigenvalue weighted by Crippen LogP contribution is -2.57. The Kier molecular flexibility index (Phi) is 14.2. The molecular formula is C36H51N5O7S2. The minimum Gasteiger partial charge on any atom is -0.497 e. The number of urea groups is 1. The van der Waals surface area contributed by atoms with Crippen molar-refractivity contribution in [3.63, 3.8) is 0 Å². The zero-order chi connectivity index (χ0) is 36.4. The molecule has 4 atom stereocenters. The Bertz CT molecular complexity index is 1640. The highest BCUT2D eigenvalue weighted by molar-refractivity contribution is 7.89. The summed E-state index contributed by atoms with van der Waals surface area (Å²) in [6.45, 7) is 9.19. The van der Waals surface area contributed by atoms with E-state index >= 15 is 0 Å². The average molecular weight is 730 g/mol. The van der Waals surface area contributed by atoms with Crippen LogP contribution in [-0.2, 0) is 39.1 Å². The molecule has 274 valence electrons. The first-order valence-corrected chi connectivity index (χ1v) is 19.3. The molecule has 2 aromatic carbocycles. The summed E-state index contributed by atoms with van der Waals surface area (Å²) in [7, 11) is -0.885. The number of thiazole rings is 1. The minimum absolute atomic E-state index is 0.0351. The van der Waals surface area contributed by atoms with Crippen LogP contribution in [0.4, 0.5) is 4.79 Å². The van der Waals surface area contributed by atoms with Crippen molar-refractivity contribution in [2.45, 2.75) is 76.8 Å². The first kappa shape index (κ1) is 39.2. The van der Waals surface area contributed by atoms with E-state index in [9.17, 15) is 23.1 Å². The molecule has 0 unspecified atom stereocenters. The van der Waals surface area contributed by atoms with Gasteiger partial charge in [-0.1, -0.05) is 64.4 Å². The number of sulfonamides is 1. The average Bonchev–Trinajstić information content (AvgIpc) is 3.70. The van der Waals surface area contributed by atoms with Gasteiger partial charge in [-0.2, -0.15) is 4.31 Å². The molecule has 0 aliphatic carbocycles. The van der Waals surface area contributed by atoms with Gasteiger partial charge in [-0.15, -0.1) is 11.3 Å². The van der Waals surface area contributed by atoms with Crippen molar-refractivity contribution >= 4 is 33.3 Å². The van der Waals surface area contributed by atoms with E-state index in [4.69, 9.17) is 9.47 Å². The third kappa shape index (κ3) is 10.0.